The fraction of sp³-hybridized carbons (Fsp3) is 0.650. The summed E-state index contributed by atoms with van der Waals surface area (Å²) in [5.74, 6) is 0. The molecular weight excluding hydrogens is 366 g/mol. The Morgan fingerprint density at radius 3 is 2.22 bits per heavy atom. The molecule has 1 aromatic rings. The Balaban J connectivity index is 1.83. The van der Waals surface area contributed by atoms with Crippen LogP contribution in [0.4, 0.5) is 4.79 Å². The highest BCUT2D eigenvalue weighted by molar-refractivity contribution is 7.86. The first kappa shape index (κ1) is 21.7. The van der Waals surface area contributed by atoms with Crippen molar-refractivity contribution >= 4 is 16.2 Å². The number of piperidine rings is 1. The van der Waals surface area contributed by atoms with Gasteiger partial charge >= 0.3 is 6.09 Å². The minimum Gasteiger partial charge on any atom is -0.444 e. The fourth-order valence-electron chi connectivity index (χ4n) is 2.98. The molecule has 1 aromatic carbocycles. The van der Waals surface area contributed by atoms with Gasteiger partial charge < -0.3 is 9.64 Å². The van der Waals surface area contributed by atoms with Crippen LogP contribution in [0.2, 0.25) is 0 Å². The molecule has 1 aliphatic heterocycles. The van der Waals surface area contributed by atoms with Gasteiger partial charge in [0.25, 0.3) is 10.1 Å². The summed E-state index contributed by atoms with van der Waals surface area (Å²) < 4.78 is 35.2. The average molecular weight is 398 g/mol. The lowest BCUT2D eigenvalue weighted by Crippen LogP contribution is -2.44. The summed E-state index contributed by atoms with van der Waals surface area (Å²) in [4.78, 5) is 14.0. The largest absolute Gasteiger partial charge is 0.444 e. The smallest absolute Gasteiger partial charge is 0.410 e. The van der Waals surface area contributed by atoms with Gasteiger partial charge in [-0.25, -0.2) is 4.79 Å². The highest BCUT2D eigenvalue weighted by Crippen LogP contribution is 2.35. The van der Waals surface area contributed by atoms with Gasteiger partial charge in [0.1, 0.15) is 5.60 Å². The van der Waals surface area contributed by atoms with Crippen LogP contribution in [0.25, 0.3) is 0 Å². The number of ether oxygens (including phenoxy) is 1. The second kappa shape index (κ2) is 8.19. The summed E-state index contributed by atoms with van der Waals surface area (Å²) in [5.41, 5.74) is 0.440. The van der Waals surface area contributed by atoms with Crippen molar-refractivity contribution in [3.63, 3.8) is 0 Å². The summed E-state index contributed by atoms with van der Waals surface area (Å²) in [5, 5.41) is 0. The number of hydrogen-bond donors (Lipinski definition) is 0. The molecule has 1 heterocycles. The Labute approximate surface area is 163 Å². The van der Waals surface area contributed by atoms with Crippen molar-refractivity contribution in [1.82, 2.24) is 4.90 Å². The number of amides is 1. The van der Waals surface area contributed by atoms with E-state index in [1.54, 1.807) is 29.2 Å². The average Bonchev–Trinajstić information content (AvgIpc) is 2.54. The number of aryl methyl sites for hydroxylation is 1. The molecule has 7 heteroatoms. The Morgan fingerprint density at radius 1 is 1.15 bits per heavy atom. The molecule has 0 spiro atoms. The highest BCUT2D eigenvalue weighted by Gasteiger charge is 2.33. The number of likely N-dealkylation sites (tertiary alicyclic amines) is 1. The monoisotopic (exact) mass is 397 g/mol. The fourth-order valence-corrected chi connectivity index (χ4v) is 3.88. The molecule has 1 fully saturated rings. The van der Waals surface area contributed by atoms with Crippen molar-refractivity contribution < 1.29 is 22.1 Å². The summed E-state index contributed by atoms with van der Waals surface area (Å²) in [6, 6.07) is 6.63. The van der Waals surface area contributed by atoms with Crippen molar-refractivity contribution in [2.24, 2.45) is 5.41 Å². The number of hydrogen-bond acceptors (Lipinski definition) is 5. The third-order valence-corrected chi connectivity index (χ3v) is 6.20. The van der Waals surface area contributed by atoms with Gasteiger partial charge in [0, 0.05) is 13.1 Å². The second-order valence-corrected chi connectivity index (χ2v) is 10.2. The quantitative estimate of drug-likeness (QED) is 0.699. The number of benzene rings is 1. The van der Waals surface area contributed by atoms with Crippen molar-refractivity contribution in [1.29, 1.82) is 0 Å². The third-order valence-electron chi connectivity index (χ3n) is 4.88. The Kier molecular flexibility index (Phi) is 6.58. The first-order valence-electron chi connectivity index (χ1n) is 9.34. The molecule has 0 aliphatic carbocycles. The van der Waals surface area contributed by atoms with Gasteiger partial charge in [0.15, 0.2) is 0 Å². The molecule has 27 heavy (non-hydrogen) atoms. The van der Waals surface area contributed by atoms with E-state index in [-0.39, 0.29) is 23.0 Å². The lowest BCUT2D eigenvalue weighted by atomic mass is 9.78. The second-order valence-electron chi connectivity index (χ2n) is 8.62. The van der Waals surface area contributed by atoms with Gasteiger partial charge in [0.2, 0.25) is 0 Å². The zero-order chi connectivity index (χ0) is 20.3. The molecule has 0 radical (unpaired) electrons. The van der Waals surface area contributed by atoms with E-state index >= 15 is 0 Å². The van der Waals surface area contributed by atoms with Gasteiger partial charge in [-0.1, -0.05) is 24.6 Å². The van der Waals surface area contributed by atoms with Gasteiger partial charge in [-0.2, -0.15) is 8.42 Å². The van der Waals surface area contributed by atoms with Crippen molar-refractivity contribution in [2.75, 3.05) is 19.7 Å². The van der Waals surface area contributed by atoms with E-state index < -0.39 is 15.7 Å². The standard InChI is InChI=1S/C20H31NO5S/c1-16-6-8-17(9-7-16)27(23,24)25-15-12-20(5)10-13-21(14-11-20)18(22)26-19(2,3)4/h6-9H,10-15H2,1-5H3. The van der Waals surface area contributed by atoms with Crippen LogP contribution in [0.5, 0.6) is 0 Å². The minimum atomic E-state index is -3.73. The lowest BCUT2D eigenvalue weighted by Gasteiger charge is -2.39. The zero-order valence-electron chi connectivity index (χ0n) is 16.9. The van der Waals surface area contributed by atoms with Gasteiger partial charge in [-0.15, -0.1) is 0 Å². The van der Waals surface area contributed by atoms with E-state index in [0.29, 0.717) is 19.5 Å². The van der Waals surface area contributed by atoms with Gasteiger partial charge in [-0.3, -0.25) is 4.18 Å². The Hall–Kier alpha value is -1.60. The van der Waals surface area contributed by atoms with Crippen molar-refractivity contribution in [2.45, 2.75) is 64.4 Å². The third kappa shape index (κ3) is 6.50. The molecule has 1 aliphatic rings. The predicted octanol–water partition coefficient (Wildman–Crippen LogP) is 4.13. The predicted molar refractivity (Wildman–Crippen MR) is 104 cm³/mol. The van der Waals surface area contributed by atoms with Crippen LogP contribution in [0, 0.1) is 12.3 Å². The number of carbonyl (C=O) groups excluding carboxylic acids is 1. The topological polar surface area (TPSA) is 72.9 Å². The van der Waals surface area contributed by atoms with Crippen molar-refractivity contribution in [3.05, 3.63) is 29.8 Å². The summed E-state index contributed by atoms with van der Waals surface area (Å²) in [7, 11) is -3.73. The molecule has 152 valence electrons. The van der Waals surface area contributed by atoms with E-state index in [0.717, 1.165) is 18.4 Å². The molecule has 6 nitrogen and oxygen atoms in total. The normalized spacial score (nSPS) is 17.6. The molecule has 0 saturated carbocycles. The molecule has 0 aromatic heterocycles. The maximum Gasteiger partial charge on any atom is 0.410 e. The van der Waals surface area contributed by atoms with E-state index in [1.807, 2.05) is 27.7 Å². The van der Waals surface area contributed by atoms with Crippen LogP contribution < -0.4 is 0 Å². The molecule has 1 saturated heterocycles. The SMILES string of the molecule is Cc1ccc(S(=O)(=O)OCCC2(C)CCN(C(=O)OC(C)(C)C)CC2)cc1. The van der Waals surface area contributed by atoms with Crippen LogP contribution in [0.15, 0.2) is 29.2 Å². The molecule has 0 bridgehead atoms. The van der Waals surface area contributed by atoms with Crippen LogP contribution >= 0.6 is 0 Å². The molecular formula is C20H31NO5S. The maximum atomic E-state index is 12.3. The van der Waals surface area contributed by atoms with E-state index in [1.165, 1.54) is 0 Å². The summed E-state index contributed by atoms with van der Waals surface area (Å²) in [6.45, 7) is 10.9. The number of carbonyl (C=O) groups is 1. The molecule has 1 amide bonds. The first-order valence-corrected chi connectivity index (χ1v) is 10.8. The lowest BCUT2D eigenvalue weighted by molar-refractivity contribution is 0.00992. The Bertz CT molecular complexity index is 742. The van der Waals surface area contributed by atoms with Gasteiger partial charge in [-0.05, 0) is 64.5 Å². The van der Waals surface area contributed by atoms with E-state index in [9.17, 15) is 13.2 Å². The zero-order valence-corrected chi connectivity index (χ0v) is 17.8. The highest BCUT2D eigenvalue weighted by atomic mass is 32.2. The van der Waals surface area contributed by atoms with E-state index in [4.69, 9.17) is 8.92 Å². The molecule has 0 N–H and O–H groups in total. The van der Waals surface area contributed by atoms with Crippen LogP contribution in [0.3, 0.4) is 0 Å². The van der Waals surface area contributed by atoms with Crippen LogP contribution in [-0.2, 0) is 19.0 Å². The Morgan fingerprint density at radius 2 is 1.70 bits per heavy atom. The first-order chi connectivity index (χ1) is 12.4. The van der Waals surface area contributed by atoms with Crippen LogP contribution in [0.1, 0.15) is 52.5 Å². The molecule has 2 rings (SSSR count). The summed E-state index contributed by atoms with van der Waals surface area (Å²) in [6.07, 6.45) is 1.92. The van der Waals surface area contributed by atoms with Crippen LogP contribution in [-0.4, -0.2) is 44.7 Å². The number of nitrogens with zero attached hydrogens (tertiary/aromatic N) is 1. The molecule has 0 atom stereocenters. The van der Waals surface area contributed by atoms with Gasteiger partial charge in [0.05, 0.1) is 11.5 Å². The minimum absolute atomic E-state index is 0.0543. The summed E-state index contributed by atoms with van der Waals surface area (Å²) >= 11 is 0. The van der Waals surface area contributed by atoms with E-state index in [2.05, 4.69) is 6.92 Å². The maximum absolute atomic E-state index is 12.3. The molecule has 0 unspecified atom stereocenters. The van der Waals surface area contributed by atoms with Crippen molar-refractivity contribution in [3.8, 4) is 0 Å². The number of rotatable bonds is 5.